The fraction of sp³-hybridized carbons (Fsp3) is 0.529. The van der Waals surface area contributed by atoms with Crippen LogP contribution in [0.15, 0.2) is 41.1 Å². The zero-order chi connectivity index (χ0) is 29.2. The second-order valence-corrected chi connectivity index (χ2v) is 12.9. The first-order chi connectivity index (χ1) is 19.5. The van der Waals surface area contributed by atoms with Crippen LogP contribution in [-0.2, 0) is 18.3 Å². The van der Waals surface area contributed by atoms with Crippen molar-refractivity contribution in [2.45, 2.75) is 78.0 Å². The minimum Gasteiger partial charge on any atom is -0.448 e. The number of carbonyl (C=O) groups excluding carboxylic acids is 2. The summed E-state index contributed by atoms with van der Waals surface area (Å²) in [7, 11) is 6.35. The predicted molar refractivity (Wildman–Crippen MR) is 160 cm³/mol. The lowest BCUT2D eigenvalue weighted by Crippen LogP contribution is -2.46. The number of rotatable bonds is 5. The first kappa shape index (κ1) is 27.8. The molecule has 218 valence electrons. The van der Waals surface area contributed by atoms with Crippen LogP contribution in [0.25, 0.3) is 11.3 Å². The molecule has 0 radical (unpaired) electrons. The van der Waals surface area contributed by atoms with Crippen LogP contribution >= 0.6 is 0 Å². The number of ether oxygens (including phenoxy) is 2. The molecule has 0 bridgehead atoms. The topological polar surface area (TPSA) is 64.0 Å². The van der Waals surface area contributed by atoms with E-state index in [1.54, 1.807) is 0 Å². The van der Waals surface area contributed by atoms with E-state index < -0.39 is 5.79 Å². The van der Waals surface area contributed by atoms with Crippen LogP contribution in [0.5, 0.6) is 11.5 Å². The van der Waals surface area contributed by atoms with Crippen LogP contribution in [0.1, 0.15) is 74.4 Å². The van der Waals surface area contributed by atoms with E-state index in [-0.39, 0.29) is 17.6 Å². The van der Waals surface area contributed by atoms with Gasteiger partial charge in [0.05, 0.1) is 11.3 Å². The van der Waals surface area contributed by atoms with Gasteiger partial charge < -0.3 is 23.8 Å². The van der Waals surface area contributed by atoms with Crippen molar-refractivity contribution >= 4 is 11.7 Å². The molecule has 0 unspecified atom stereocenters. The first-order valence-electron chi connectivity index (χ1n) is 15.0. The van der Waals surface area contributed by atoms with Crippen LogP contribution in [0.3, 0.4) is 0 Å². The normalized spacial score (nSPS) is 26.1. The Hall–Kier alpha value is -3.32. The Morgan fingerprint density at radius 3 is 2.37 bits per heavy atom. The number of fused-ring (bicyclic) bond motifs is 2. The minimum atomic E-state index is -0.780. The molecule has 7 heteroatoms. The number of hydrogen-bond donors (Lipinski definition) is 0. The van der Waals surface area contributed by atoms with Crippen molar-refractivity contribution < 1.29 is 19.1 Å². The largest absolute Gasteiger partial charge is 0.448 e. The third kappa shape index (κ3) is 4.62. The SMILES string of the molecule is CC1=CC(C)=C(CN2CCc3c(c(C)c4c(c3-c3cccn3C)O[C@](C)(C3CCC(N(C)C)CC3)O4)C2=O)C(=O)C1. The first-order valence-corrected chi connectivity index (χ1v) is 15.0. The number of hydrogen-bond acceptors (Lipinski definition) is 5. The summed E-state index contributed by atoms with van der Waals surface area (Å²) in [5, 5.41) is 0. The number of nitrogens with zero attached hydrogens (tertiary/aromatic N) is 3. The summed E-state index contributed by atoms with van der Waals surface area (Å²) in [6, 6.07) is 4.71. The number of amides is 1. The van der Waals surface area contributed by atoms with Crippen molar-refractivity contribution in [2.24, 2.45) is 13.0 Å². The molecule has 6 rings (SSSR count). The molecule has 1 fully saturated rings. The van der Waals surface area contributed by atoms with Gasteiger partial charge >= 0.3 is 0 Å². The average molecular weight is 558 g/mol. The van der Waals surface area contributed by atoms with E-state index in [0.717, 1.165) is 70.5 Å². The lowest BCUT2D eigenvalue weighted by molar-refractivity contribution is -0.123. The maximum absolute atomic E-state index is 14.2. The summed E-state index contributed by atoms with van der Waals surface area (Å²) >= 11 is 0. The third-order valence-corrected chi connectivity index (χ3v) is 9.93. The maximum Gasteiger partial charge on any atom is 0.254 e. The molecule has 41 heavy (non-hydrogen) atoms. The Morgan fingerprint density at radius 2 is 1.73 bits per heavy atom. The quantitative estimate of drug-likeness (QED) is 0.462. The smallest absolute Gasteiger partial charge is 0.254 e. The number of allylic oxidation sites excluding steroid dienone is 3. The Balaban J connectivity index is 1.40. The molecule has 2 aliphatic heterocycles. The summed E-state index contributed by atoms with van der Waals surface area (Å²) < 4.78 is 15.8. The summed E-state index contributed by atoms with van der Waals surface area (Å²) in [6.45, 7) is 8.93. The van der Waals surface area contributed by atoms with Crippen molar-refractivity contribution in [3.8, 4) is 22.8 Å². The van der Waals surface area contributed by atoms with Crippen molar-refractivity contribution in [3.05, 3.63) is 57.8 Å². The Bertz CT molecular complexity index is 1490. The molecule has 3 heterocycles. The van der Waals surface area contributed by atoms with Gasteiger partial charge in [0.1, 0.15) is 0 Å². The number of benzene rings is 1. The molecule has 0 N–H and O–H groups in total. The molecule has 1 saturated carbocycles. The van der Waals surface area contributed by atoms with E-state index in [1.165, 1.54) is 0 Å². The monoisotopic (exact) mass is 557 g/mol. The Kier molecular flexibility index (Phi) is 6.92. The van der Waals surface area contributed by atoms with Gasteiger partial charge in [-0.05, 0) is 90.2 Å². The molecule has 0 saturated heterocycles. The number of aryl methyl sites for hydroxylation is 1. The molecule has 1 aromatic carbocycles. The zero-order valence-electron chi connectivity index (χ0n) is 25.6. The van der Waals surface area contributed by atoms with Gasteiger partial charge in [-0.2, -0.15) is 0 Å². The highest BCUT2D eigenvalue weighted by molar-refractivity contribution is 6.04. The second kappa shape index (κ2) is 10.2. The summed E-state index contributed by atoms with van der Waals surface area (Å²) in [6.07, 6.45) is 9.53. The lowest BCUT2D eigenvalue weighted by Gasteiger charge is -2.39. The highest BCUT2D eigenvalue weighted by Gasteiger charge is 2.49. The number of ketones is 1. The maximum atomic E-state index is 14.2. The van der Waals surface area contributed by atoms with Gasteiger partial charge in [-0.1, -0.05) is 11.6 Å². The summed E-state index contributed by atoms with van der Waals surface area (Å²) in [4.78, 5) is 31.3. The van der Waals surface area contributed by atoms with Crippen LogP contribution < -0.4 is 9.47 Å². The van der Waals surface area contributed by atoms with E-state index >= 15 is 0 Å². The van der Waals surface area contributed by atoms with Gasteiger partial charge in [0.15, 0.2) is 17.3 Å². The van der Waals surface area contributed by atoms with Crippen LogP contribution in [0, 0.1) is 12.8 Å². The van der Waals surface area contributed by atoms with Crippen molar-refractivity contribution in [3.63, 3.8) is 0 Å². The number of Topliss-reactive ketones (excluding diaryl/α,β-unsaturated/α-hetero) is 1. The van der Waals surface area contributed by atoms with Gasteiger partial charge in [0.25, 0.3) is 11.7 Å². The minimum absolute atomic E-state index is 0.0370. The van der Waals surface area contributed by atoms with Gasteiger partial charge in [0.2, 0.25) is 0 Å². The van der Waals surface area contributed by atoms with Gasteiger partial charge in [-0.15, -0.1) is 0 Å². The molecule has 1 atom stereocenters. The van der Waals surface area contributed by atoms with Crippen molar-refractivity contribution in [1.82, 2.24) is 14.4 Å². The Morgan fingerprint density at radius 1 is 1.02 bits per heavy atom. The molecule has 2 aliphatic carbocycles. The molecule has 7 nitrogen and oxygen atoms in total. The van der Waals surface area contributed by atoms with Crippen LogP contribution in [-0.4, -0.2) is 65.1 Å². The number of carbonyl (C=O) groups is 2. The van der Waals surface area contributed by atoms with Crippen LogP contribution in [0.4, 0.5) is 0 Å². The zero-order valence-corrected chi connectivity index (χ0v) is 25.6. The van der Waals surface area contributed by atoms with Crippen molar-refractivity contribution in [1.29, 1.82) is 0 Å². The van der Waals surface area contributed by atoms with Crippen LogP contribution in [0.2, 0.25) is 0 Å². The second-order valence-electron chi connectivity index (χ2n) is 12.9. The molecule has 1 aromatic heterocycles. The molecule has 2 aromatic rings. The van der Waals surface area contributed by atoms with Gasteiger partial charge in [0, 0.05) is 68.3 Å². The molecule has 0 spiro atoms. The van der Waals surface area contributed by atoms with Crippen molar-refractivity contribution in [2.75, 3.05) is 27.2 Å². The van der Waals surface area contributed by atoms with E-state index in [1.807, 2.05) is 45.0 Å². The van der Waals surface area contributed by atoms with E-state index in [9.17, 15) is 9.59 Å². The molecule has 4 aliphatic rings. The van der Waals surface area contributed by atoms with Gasteiger partial charge in [-0.3, -0.25) is 9.59 Å². The predicted octanol–water partition coefficient (Wildman–Crippen LogP) is 5.84. The van der Waals surface area contributed by atoms with Gasteiger partial charge in [-0.25, -0.2) is 0 Å². The fourth-order valence-corrected chi connectivity index (χ4v) is 7.50. The van der Waals surface area contributed by atoms with E-state index in [2.05, 4.69) is 42.6 Å². The molecular weight excluding hydrogens is 514 g/mol. The number of aromatic nitrogens is 1. The average Bonchev–Trinajstić information content (AvgIpc) is 3.51. The molecule has 1 amide bonds. The fourth-order valence-electron chi connectivity index (χ4n) is 7.50. The highest BCUT2D eigenvalue weighted by Crippen LogP contribution is 2.55. The highest BCUT2D eigenvalue weighted by atomic mass is 16.7. The van der Waals surface area contributed by atoms with E-state index in [4.69, 9.17) is 9.47 Å². The standard InChI is InChI=1S/C34H43N3O4/c1-20-17-21(2)26(28(38)18-20)19-37-16-14-25-29(33(37)39)22(3)31-32(30(25)27-9-8-15-36(27)7)41-34(4,40-31)23-10-12-24(13-11-23)35(5)6/h8-9,15,17,23-24H,10-14,16,18-19H2,1-7H3/t23?,24?,34-/m1/s1. The summed E-state index contributed by atoms with van der Waals surface area (Å²) in [5.41, 5.74) is 7.32. The third-order valence-electron chi connectivity index (χ3n) is 9.93. The lowest BCUT2D eigenvalue weighted by atomic mass is 9.81. The Labute approximate surface area is 243 Å². The van der Waals surface area contributed by atoms with E-state index in [0.29, 0.717) is 43.3 Å². The molecular formula is C34H43N3O4. The summed E-state index contributed by atoms with van der Waals surface area (Å²) in [5.74, 6) is 1.02.